The first-order chi connectivity index (χ1) is 17.2. The molecule has 4 aromatic rings. The highest BCUT2D eigenvalue weighted by Crippen LogP contribution is 2.48. The minimum absolute atomic E-state index is 0.0659. The van der Waals surface area contributed by atoms with Crippen LogP contribution in [0.15, 0.2) is 54.7 Å². The fourth-order valence-electron chi connectivity index (χ4n) is 5.29. The van der Waals surface area contributed by atoms with Crippen molar-refractivity contribution in [3.63, 3.8) is 0 Å². The Kier molecular flexibility index (Phi) is 5.87. The van der Waals surface area contributed by atoms with Crippen LogP contribution in [0.3, 0.4) is 0 Å². The van der Waals surface area contributed by atoms with Crippen LogP contribution in [0.2, 0.25) is 0 Å². The number of hydrogen-bond acceptors (Lipinski definition) is 0. The van der Waals surface area contributed by atoms with Crippen LogP contribution >= 0.6 is 11.3 Å². The van der Waals surface area contributed by atoms with Crippen molar-refractivity contribution in [2.24, 2.45) is 5.41 Å². The third-order valence-corrected chi connectivity index (χ3v) is 8.84. The van der Waals surface area contributed by atoms with Crippen LogP contribution in [0.25, 0.3) is 26.9 Å². The van der Waals surface area contributed by atoms with Crippen molar-refractivity contribution in [3.05, 3.63) is 93.5 Å². The predicted octanol–water partition coefficient (Wildman–Crippen LogP) is 9.42. The Morgan fingerprint density at radius 3 is 2.27 bits per heavy atom. The topological polar surface area (TPSA) is 3.01 Å². The maximum atomic E-state index is 13.8. The van der Waals surface area contributed by atoms with Gasteiger partial charge in [0.15, 0.2) is 15.6 Å². The summed E-state index contributed by atoms with van der Waals surface area (Å²) in [6.45, 7) is 15.7. The molecule has 5 heteroatoms. The Morgan fingerprint density at radius 1 is 0.946 bits per heavy atom. The number of fused-ring (bicyclic) bond motifs is 4. The van der Waals surface area contributed by atoms with E-state index in [2.05, 4.69) is 64.7 Å². The normalized spacial score (nSPS) is 14.6. The SMILES string of the molecule is C=[N+]1C=Cc2c([s+][c-]3c(CC(C)(C)C(F)(F)F)cccc23)[C-]1c1cc(C(C)(C)C)c2ccccc2c1C. The fourth-order valence-corrected chi connectivity index (χ4v) is 6.66. The van der Waals surface area contributed by atoms with Gasteiger partial charge in [0.05, 0.1) is 12.1 Å². The molecule has 37 heavy (non-hydrogen) atoms. The molecule has 0 bridgehead atoms. The molecule has 0 radical (unpaired) electrons. The van der Waals surface area contributed by atoms with Crippen LogP contribution in [0, 0.1) is 18.4 Å². The van der Waals surface area contributed by atoms with E-state index >= 15 is 0 Å². The molecular weight excluding hydrogens is 487 g/mol. The molecule has 0 saturated heterocycles. The molecule has 0 spiro atoms. The molecule has 0 amide bonds. The highest BCUT2D eigenvalue weighted by molar-refractivity contribution is 7.20. The quantitative estimate of drug-likeness (QED) is 0.144. The average Bonchev–Trinajstić information content (AvgIpc) is 3.18. The van der Waals surface area contributed by atoms with Crippen molar-refractivity contribution in [1.82, 2.24) is 0 Å². The van der Waals surface area contributed by atoms with Crippen LogP contribution in [0.1, 0.15) is 67.3 Å². The molecular formula is C32H32F3NS. The molecule has 1 nitrogen and oxygen atoms in total. The first-order valence-corrected chi connectivity index (χ1v) is 13.3. The van der Waals surface area contributed by atoms with Crippen LogP contribution in [-0.4, -0.2) is 17.5 Å². The maximum absolute atomic E-state index is 13.8. The molecule has 0 atom stereocenters. The van der Waals surface area contributed by atoms with Gasteiger partial charge in [-0.25, -0.2) is 0 Å². The third-order valence-electron chi connectivity index (χ3n) is 7.54. The Morgan fingerprint density at radius 2 is 1.62 bits per heavy atom. The van der Waals surface area contributed by atoms with E-state index in [1.54, 1.807) is 11.3 Å². The number of rotatable bonds is 3. The minimum Gasteiger partial charge on any atom is -0.257 e. The van der Waals surface area contributed by atoms with Crippen LogP contribution < -0.4 is 0 Å². The van der Waals surface area contributed by atoms with E-state index in [1.807, 2.05) is 35.1 Å². The lowest BCUT2D eigenvalue weighted by molar-refractivity contribution is -0.417. The van der Waals surface area contributed by atoms with Crippen molar-refractivity contribution in [3.8, 4) is 0 Å². The lowest BCUT2D eigenvalue weighted by Gasteiger charge is -2.28. The summed E-state index contributed by atoms with van der Waals surface area (Å²) in [5.41, 5.74) is 3.42. The Hall–Kier alpha value is -3.05. The van der Waals surface area contributed by atoms with Gasteiger partial charge in [-0.05, 0) is 45.4 Å². The summed E-state index contributed by atoms with van der Waals surface area (Å²) in [4.78, 5) is 1.04. The molecule has 0 saturated carbocycles. The second-order valence-electron chi connectivity index (χ2n) is 11.7. The molecule has 192 valence electrons. The molecule has 1 aliphatic rings. The number of benzene rings is 3. The van der Waals surface area contributed by atoms with Gasteiger partial charge in [-0.2, -0.15) is 13.2 Å². The monoisotopic (exact) mass is 519 g/mol. The molecule has 0 N–H and O–H groups in total. The van der Waals surface area contributed by atoms with E-state index in [0.717, 1.165) is 37.7 Å². The number of aryl methyl sites for hydroxylation is 1. The standard InChI is InChI=1S/C32H32F3NS/c1-19-21-12-8-9-13-22(21)26(30(2,3)4)17-25(19)27-29-24(15-16-36(27)7)23-14-10-11-20(28(23)37-29)18-31(5,6)32(33,34)35/h8-17H,7,18H2,1-6H3. The number of hydrogen-bond donors (Lipinski definition) is 0. The Balaban J connectivity index is 1.74. The summed E-state index contributed by atoms with van der Waals surface area (Å²) in [6.07, 6.45) is -0.353. The summed E-state index contributed by atoms with van der Waals surface area (Å²) >= 11 is 1.57. The van der Waals surface area contributed by atoms with Crippen molar-refractivity contribution < 1.29 is 17.7 Å². The van der Waals surface area contributed by atoms with E-state index < -0.39 is 11.6 Å². The molecule has 3 aromatic carbocycles. The molecule has 5 rings (SSSR count). The lowest BCUT2D eigenvalue weighted by Crippen LogP contribution is -2.34. The van der Waals surface area contributed by atoms with Gasteiger partial charge in [0, 0.05) is 0 Å². The second kappa shape index (κ2) is 8.49. The molecule has 0 fully saturated rings. The maximum Gasteiger partial charge on any atom is 0.394 e. The van der Waals surface area contributed by atoms with E-state index in [0.29, 0.717) is 0 Å². The first kappa shape index (κ1) is 25.6. The molecule has 0 unspecified atom stereocenters. The van der Waals surface area contributed by atoms with Crippen molar-refractivity contribution >= 4 is 45.0 Å². The highest BCUT2D eigenvalue weighted by Gasteiger charge is 2.47. The summed E-state index contributed by atoms with van der Waals surface area (Å²) in [7, 11) is 0. The van der Waals surface area contributed by atoms with Crippen molar-refractivity contribution in [2.75, 3.05) is 0 Å². The van der Waals surface area contributed by atoms with Gasteiger partial charge in [0.25, 0.3) is 0 Å². The highest BCUT2D eigenvalue weighted by atomic mass is 32.1. The van der Waals surface area contributed by atoms with E-state index in [-0.39, 0.29) is 11.8 Å². The van der Waals surface area contributed by atoms with E-state index in [9.17, 15) is 13.2 Å². The molecule has 1 aromatic heterocycles. The summed E-state index contributed by atoms with van der Waals surface area (Å²) in [5, 5.41) is 3.44. The van der Waals surface area contributed by atoms with Gasteiger partial charge in [-0.1, -0.05) is 88.4 Å². The van der Waals surface area contributed by atoms with Crippen LogP contribution in [-0.2, 0) is 11.8 Å². The number of alkyl halides is 3. The molecule has 0 aliphatic carbocycles. The smallest absolute Gasteiger partial charge is 0.257 e. The molecule has 2 heterocycles. The zero-order valence-electron chi connectivity index (χ0n) is 22.2. The van der Waals surface area contributed by atoms with Gasteiger partial charge >= 0.3 is 6.18 Å². The Bertz CT molecular complexity index is 1580. The van der Waals surface area contributed by atoms with Gasteiger partial charge in [0.1, 0.15) is 17.5 Å². The van der Waals surface area contributed by atoms with Crippen LogP contribution in [0.5, 0.6) is 0 Å². The zero-order chi connectivity index (χ0) is 26.9. The second-order valence-corrected chi connectivity index (χ2v) is 12.7. The minimum atomic E-state index is -4.28. The summed E-state index contributed by atoms with van der Waals surface area (Å²) in [5.74, 6) is 0. The summed E-state index contributed by atoms with van der Waals surface area (Å²) in [6, 6.07) is 17.5. The van der Waals surface area contributed by atoms with E-state index in [4.69, 9.17) is 0 Å². The fraction of sp³-hybridized carbons (Fsp3) is 0.312. The molecule has 1 aliphatic heterocycles. The Labute approximate surface area is 221 Å². The van der Waals surface area contributed by atoms with Gasteiger partial charge < -0.3 is 0 Å². The van der Waals surface area contributed by atoms with Crippen LogP contribution in [0.4, 0.5) is 13.2 Å². The number of thiophene rings is 1. The predicted molar refractivity (Wildman–Crippen MR) is 151 cm³/mol. The lowest BCUT2D eigenvalue weighted by atomic mass is 9.79. The van der Waals surface area contributed by atoms with Gasteiger partial charge in [-0.3, -0.25) is 4.58 Å². The average molecular weight is 520 g/mol. The first-order valence-electron chi connectivity index (χ1n) is 12.5. The number of nitrogens with zero attached hydrogens (tertiary/aromatic N) is 1. The van der Waals surface area contributed by atoms with E-state index in [1.165, 1.54) is 35.7 Å². The third kappa shape index (κ3) is 4.17. The number of halogens is 3. The summed E-state index contributed by atoms with van der Waals surface area (Å²) < 4.78 is 44.1. The largest absolute Gasteiger partial charge is 0.394 e. The van der Waals surface area contributed by atoms with Crippen molar-refractivity contribution in [1.29, 1.82) is 0 Å². The zero-order valence-corrected chi connectivity index (χ0v) is 23.0. The van der Waals surface area contributed by atoms with Gasteiger partial charge in [-0.15, -0.1) is 18.2 Å². The van der Waals surface area contributed by atoms with Crippen molar-refractivity contribution in [2.45, 2.75) is 59.6 Å². The van der Waals surface area contributed by atoms with Gasteiger partial charge in [0.2, 0.25) is 0 Å².